The molecule has 3 fully saturated rings. The lowest BCUT2D eigenvalue weighted by Gasteiger charge is -2.46. The Labute approximate surface area is 196 Å². The predicted molar refractivity (Wildman–Crippen MR) is 123 cm³/mol. The van der Waals surface area contributed by atoms with E-state index in [1.807, 2.05) is 0 Å². The van der Waals surface area contributed by atoms with Crippen molar-refractivity contribution in [3.63, 3.8) is 0 Å². The molecule has 4 unspecified atom stereocenters. The first-order valence-corrected chi connectivity index (χ1v) is 13.3. The third kappa shape index (κ3) is 5.77. The number of benzene rings is 1. The molecule has 4 atom stereocenters. The summed E-state index contributed by atoms with van der Waals surface area (Å²) in [5, 5.41) is 0. The lowest BCUT2D eigenvalue weighted by molar-refractivity contribution is -0.144. The van der Waals surface area contributed by atoms with Crippen molar-refractivity contribution in [2.75, 3.05) is 0 Å². The second-order valence-corrected chi connectivity index (χ2v) is 10.9. The van der Waals surface area contributed by atoms with E-state index in [4.69, 9.17) is 4.74 Å². The minimum atomic E-state index is -1.59. The maximum absolute atomic E-state index is 14.0. The van der Waals surface area contributed by atoms with Gasteiger partial charge in [-0.1, -0.05) is 58.3 Å². The molecule has 184 valence electrons. The molecule has 1 aromatic carbocycles. The molecule has 3 aliphatic rings. The van der Waals surface area contributed by atoms with Crippen LogP contribution in [0.15, 0.2) is 12.1 Å². The van der Waals surface area contributed by atoms with E-state index in [0.29, 0.717) is 5.92 Å². The van der Waals surface area contributed by atoms with Gasteiger partial charge in [0.15, 0.2) is 17.4 Å². The smallest absolute Gasteiger partial charge is 0.314 e. The predicted octanol–water partition coefficient (Wildman–Crippen LogP) is 8.23. The van der Waals surface area contributed by atoms with Gasteiger partial charge in [0.1, 0.15) is 0 Å². The Balaban J connectivity index is 1.30. The van der Waals surface area contributed by atoms with Gasteiger partial charge in [0.05, 0.1) is 5.92 Å². The van der Waals surface area contributed by atoms with E-state index >= 15 is 0 Å². The van der Waals surface area contributed by atoms with Crippen molar-refractivity contribution >= 4 is 5.97 Å². The molecule has 0 aromatic heterocycles. The number of carbonyl (C=O) groups is 1. The molecule has 1 aromatic rings. The number of unbranched alkanes of at least 4 members (excludes halogenated alkanes) is 2. The maximum Gasteiger partial charge on any atom is 0.314 e. The van der Waals surface area contributed by atoms with Gasteiger partial charge in [-0.25, -0.2) is 8.78 Å². The fraction of sp³-hybridized carbons (Fsp3) is 0.750. The summed E-state index contributed by atoms with van der Waals surface area (Å²) in [6.07, 6.45) is 17.2. The maximum atomic E-state index is 14.0. The van der Waals surface area contributed by atoms with Crippen molar-refractivity contribution in [1.29, 1.82) is 0 Å². The second-order valence-electron chi connectivity index (χ2n) is 10.9. The van der Waals surface area contributed by atoms with Crippen LogP contribution >= 0.6 is 0 Å². The van der Waals surface area contributed by atoms with Gasteiger partial charge < -0.3 is 4.74 Å². The summed E-state index contributed by atoms with van der Waals surface area (Å²) in [6.45, 7) is 2.27. The van der Waals surface area contributed by atoms with Crippen molar-refractivity contribution in [1.82, 2.24) is 0 Å². The Morgan fingerprint density at radius 1 is 0.879 bits per heavy atom. The van der Waals surface area contributed by atoms with Gasteiger partial charge in [-0.15, -0.1) is 0 Å². The largest absolute Gasteiger partial charge is 0.423 e. The number of hydrogen-bond donors (Lipinski definition) is 0. The molecule has 0 radical (unpaired) electrons. The van der Waals surface area contributed by atoms with Crippen LogP contribution in [0.2, 0.25) is 0 Å². The first-order valence-electron chi connectivity index (χ1n) is 13.3. The topological polar surface area (TPSA) is 26.3 Å². The lowest BCUT2D eigenvalue weighted by Crippen LogP contribution is -2.40. The van der Waals surface area contributed by atoms with E-state index in [9.17, 15) is 18.0 Å². The van der Waals surface area contributed by atoms with Crippen molar-refractivity contribution in [2.45, 2.75) is 96.8 Å². The van der Waals surface area contributed by atoms with Crippen molar-refractivity contribution in [3.8, 4) is 5.75 Å². The molecule has 0 heterocycles. The molecule has 0 spiro atoms. The SMILES string of the molecule is CCCCCC1CCC(C2CCC3C(CCCC3C(=O)Oc3ccc(F)c(F)c3F)C2)CC1. The molecule has 0 amide bonds. The van der Waals surface area contributed by atoms with E-state index < -0.39 is 29.2 Å². The molecule has 4 rings (SSSR count). The summed E-state index contributed by atoms with van der Waals surface area (Å²) >= 11 is 0. The minimum Gasteiger partial charge on any atom is -0.423 e. The first kappa shape index (κ1) is 24.6. The average molecular weight is 465 g/mol. The Kier molecular flexibility index (Phi) is 8.40. The van der Waals surface area contributed by atoms with Gasteiger partial charge in [-0.05, 0) is 80.2 Å². The Bertz CT molecular complexity index is 803. The van der Waals surface area contributed by atoms with Crippen LogP contribution in [-0.4, -0.2) is 5.97 Å². The van der Waals surface area contributed by atoms with Crippen molar-refractivity contribution < 1.29 is 22.7 Å². The Morgan fingerprint density at radius 3 is 2.39 bits per heavy atom. The summed E-state index contributed by atoms with van der Waals surface area (Å²) in [5.41, 5.74) is 0. The number of fused-ring (bicyclic) bond motifs is 1. The van der Waals surface area contributed by atoms with Gasteiger partial charge in [-0.3, -0.25) is 4.79 Å². The van der Waals surface area contributed by atoms with Crippen LogP contribution in [0.5, 0.6) is 5.75 Å². The van der Waals surface area contributed by atoms with Gasteiger partial charge in [-0.2, -0.15) is 4.39 Å². The molecular weight excluding hydrogens is 425 g/mol. The molecule has 0 bridgehead atoms. The average Bonchev–Trinajstić information content (AvgIpc) is 2.84. The third-order valence-electron chi connectivity index (χ3n) is 8.98. The summed E-state index contributed by atoms with van der Waals surface area (Å²) < 4.78 is 46.0. The summed E-state index contributed by atoms with van der Waals surface area (Å²) in [5.74, 6) is -2.26. The van der Waals surface area contributed by atoms with Gasteiger partial charge in [0.2, 0.25) is 5.82 Å². The molecule has 3 aliphatic carbocycles. The van der Waals surface area contributed by atoms with E-state index in [2.05, 4.69) is 6.92 Å². The highest BCUT2D eigenvalue weighted by Gasteiger charge is 2.43. The highest BCUT2D eigenvalue weighted by atomic mass is 19.2. The molecule has 3 saturated carbocycles. The number of esters is 1. The Hall–Kier alpha value is -1.52. The van der Waals surface area contributed by atoms with Gasteiger partial charge in [0.25, 0.3) is 0 Å². The van der Waals surface area contributed by atoms with E-state index in [1.165, 1.54) is 57.8 Å². The standard InChI is InChI=1S/C28H39F3O2/c1-2-3-4-6-18-9-11-19(12-10-18)20-13-14-22-21(17-20)7-5-8-23(22)28(32)33-25-16-15-24(29)26(30)27(25)31/h15-16,18-23H,2-14,17H2,1H3. The van der Waals surface area contributed by atoms with Crippen LogP contribution in [0.1, 0.15) is 96.8 Å². The van der Waals surface area contributed by atoms with Crippen molar-refractivity contribution in [3.05, 3.63) is 29.6 Å². The lowest BCUT2D eigenvalue weighted by atomic mass is 9.59. The summed E-state index contributed by atoms with van der Waals surface area (Å²) in [7, 11) is 0. The molecule has 33 heavy (non-hydrogen) atoms. The van der Waals surface area contributed by atoms with Gasteiger partial charge >= 0.3 is 5.97 Å². The number of hydrogen-bond acceptors (Lipinski definition) is 2. The van der Waals surface area contributed by atoms with E-state index in [0.717, 1.165) is 62.0 Å². The zero-order valence-electron chi connectivity index (χ0n) is 20.0. The van der Waals surface area contributed by atoms with Crippen LogP contribution in [0.4, 0.5) is 13.2 Å². The third-order valence-corrected chi connectivity index (χ3v) is 8.98. The van der Waals surface area contributed by atoms with Crippen LogP contribution in [0, 0.1) is 53.0 Å². The number of rotatable bonds is 7. The molecule has 0 saturated heterocycles. The zero-order valence-corrected chi connectivity index (χ0v) is 20.0. The van der Waals surface area contributed by atoms with Crippen LogP contribution in [0.25, 0.3) is 0 Å². The summed E-state index contributed by atoms with van der Waals surface area (Å²) in [4.78, 5) is 12.9. The fourth-order valence-corrected chi connectivity index (χ4v) is 7.12. The molecule has 0 N–H and O–H groups in total. The summed E-state index contributed by atoms with van der Waals surface area (Å²) in [6, 6.07) is 1.80. The molecule has 0 aliphatic heterocycles. The molecule has 5 heteroatoms. The number of halogens is 3. The normalized spacial score (nSPS) is 32.2. The molecular formula is C28H39F3O2. The van der Waals surface area contributed by atoms with E-state index in [-0.39, 0.29) is 11.8 Å². The minimum absolute atomic E-state index is 0.265. The first-order chi connectivity index (χ1) is 16.0. The monoisotopic (exact) mass is 464 g/mol. The van der Waals surface area contributed by atoms with Crippen LogP contribution in [0.3, 0.4) is 0 Å². The van der Waals surface area contributed by atoms with Gasteiger partial charge in [0, 0.05) is 0 Å². The second kappa shape index (κ2) is 11.3. The molecule has 2 nitrogen and oxygen atoms in total. The highest BCUT2D eigenvalue weighted by Crippen LogP contribution is 2.50. The number of carbonyl (C=O) groups excluding carboxylic acids is 1. The van der Waals surface area contributed by atoms with Crippen molar-refractivity contribution in [2.24, 2.45) is 35.5 Å². The number of ether oxygens (including phenoxy) is 1. The quantitative estimate of drug-likeness (QED) is 0.176. The zero-order chi connectivity index (χ0) is 23.4. The van der Waals surface area contributed by atoms with Crippen LogP contribution < -0.4 is 4.74 Å². The fourth-order valence-electron chi connectivity index (χ4n) is 7.12. The Morgan fingerprint density at radius 2 is 1.64 bits per heavy atom. The van der Waals surface area contributed by atoms with E-state index in [1.54, 1.807) is 0 Å². The highest BCUT2D eigenvalue weighted by molar-refractivity contribution is 5.75. The van der Waals surface area contributed by atoms with Crippen LogP contribution in [-0.2, 0) is 4.79 Å².